The quantitative estimate of drug-likeness (QED) is 0.480. The molecule has 1 fully saturated rings. The molecule has 0 saturated heterocycles. The maximum Gasteiger partial charge on any atom is 0.160 e. The van der Waals surface area contributed by atoms with Gasteiger partial charge in [-0.15, -0.1) is 0 Å². The average molecular weight is 193 g/mol. The fraction of sp³-hybridized carbons (Fsp3) is 0.556. The van der Waals surface area contributed by atoms with E-state index in [9.17, 15) is 0 Å². The molecule has 0 spiro atoms. The summed E-state index contributed by atoms with van der Waals surface area (Å²) in [7, 11) is 0. The van der Waals surface area contributed by atoms with Gasteiger partial charge in [0.15, 0.2) is 5.82 Å². The van der Waals surface area contributed by atoms with Crippen LogP contribution in [0.25, 0.3) is 0 Å². The summed E-state index contributed by atoms with van der Waals surface area (Å²) >= 11 is 0. The first-order valence-electron chi connectivity index (χ1n) is 4.91. The van der Waals surface area contributed by atoms with Crippen LogP contribution in [-0.4, -0.2) is 16.5 Å². The summed E-state index contributed by atoms with van der Waals surface area (Å²) in [5, 5.41) is 3.22. The standard InChI is InChI=1S/C9H15N5/c10-14-9-6-11-5-8(13-9)12-4-3-7-1-2-7/h5-7H,1-4,10H2,(H2,12,13,14). The van der Waals surface area contributed by atoms with Crippen molar-refractivity contribution in [2.75, 3.05) is 17.3 Å². The zero-order valence-corrected chi connectivity index (χ0v) is 8.03. The van der Waals surface area contributed by atoms with Gasteiger partial charge in [0.25, 0.3) is 0 Å². The van der Waals surface area contributed by atoms with Gasteiger partial charge in [-0.3, -0.25) is 4.98 Å². The number of hydrogen-bond donors (Lipinski definition) is 3. The minimum Gasteiger partial charge on any atom is -0.369 e. The van der Waals surface area contributed by atoms with Gasteiger partial charge in [0.05, 0.1) is 12.4 Å². The molecule has 76 valence electrons. The van der Waals surface area contributed by atoms with Gasteiger partial charge in [-0.2, -0.15) is 0 Å². The highest BCUT2D eigenvalue weighted by atomic mass is 15.3. The van der Waals surface area contributed by atoms with Crippen LogP contribution in [0.2, 0.25) is 0 Å². The Bertz CT molecular complexity index is 297. The number of hydrazine groups is 1. The first kappa shape index (κ1) is 9.21. The minimum absolute atomic E-state index is 0.585. The first-order valence-corrected chi connectivity index (χ1v) is 4.91. The molecule has 1 aromatic rings. The number of rotatable bonds is 5. The number of nitrogens with two attached hydrogens (primary N) is 1. The molecule has 0 radical (unpaired) electrons. The van der Waals surface area contributed by atoms with E-state index in [-0.39, 0.29) is 0 Å². The van der Waals surface area contributed by atoms with E-state index in [0.29, 0.717) is 5.82 Å². The van der Waals surface area contributed by atoms with E-state index in [4.69, 9.17) is 5.84 Å². The summed E-state index contributed by atoms with van der Waals surface area (Å²) in [5.74, 6) is 7.53. The third-order valence-electron chi connectivity index (χ3n) is 2.34. The Kier molecular flexibility index (Phi) is 2.78. The molecule has 0 amide bonds. The number of aromatic nitrogens is 2. The zero-order valence-electron chi connectivity index (χ0n) is 8.03. The van der Waals surface area contributed by atoms with Crippen molar-refractivity contribution in [3.8, 4) is 0 Å². The SMILES string of the molecule is NNc1cncc(NCCC2CC2)n1. The number of nitrogens with one attached hydrogen (secondary N) is 2. The molecule has 0 atom stereocenters. The van der Waals surface area contributed by atoms with E-state index in [1.807, 2.05) is 0 Å². The average Bonchev–Trinajstić information content (AvgIpc) is 3.02. The lowest BCUT2D eigenvalue weighted by atomic mass is 10.3. The zero-order chi connectivity index (χ0) is 9.80. The van der Waals surface area contributed by atoms with Crippen LogP contribution in [-0.2, 0) is 0 Å². The molecule has 0 aliphatic heterocycles. The van der Waals surface area contributed by atoms with Crippen LogP contribution in [0.1, 0.15) is 19.3 Å². The van der Waals surface area contributed by atoms with E-state index in [1.54, 1.807) is 12.4 Å². The van der Waals surface area contributed by atoms with Gasteiger partial charge in [0.1, 0.15) is 5.82 Å². The lowest BCUT2D eigenvalue weighted by Gasteiger charge is -2.05. The van der Waals surface area contributed by atoms with Crippen molar-refractivity contribution in [2.24, 2.45) is 11.8 Å². The van der Waals surface area contributed by atoms with E-state index in [0.717, 1.165) is 18.3 Å². The Morgan fingerprint density at radius 2 is 2.14 bits per heavy atom. The van der Waals surface area contributed by atoms with Gasteiger partial charge < -0.3 is 10.7 Å². The topological polar surface area (TPSA) is 75.9 Å². The van der Waals surface area contributed by atoms with Crippen LogP contribution in [0.3, 0.4) is 0 Å². The van der Waals surface area contributed by atoms with Crippen LogP contribution in [0.4, 0.5) is 11.6 Å². The second-order valence-electron chi connectivity index (χ2n) is 3.59. The fourth-order valence-corrected chi connectivity index (χ4v) is 1.33. The van der Waals surface area contributed by atoms with Crippen LogP contribution >= 0.6 is 0 Å². The molecule has 0 unspecified atom stereocenters. The third-order valence-corrected chi connectivity index (χ3v) is 2.34. The maximum atomic E-state index is 5.23. The summed E-state index contributed by atoms with van der Waals surface area (Å²) < 4.78 is 0. The molecule has 1 saturated carbocycles. The van der Waals surface area contributed by atoms with Gasteiger partial charge in [-0.25, -0.2) is 10.8 Å². The summed E-state index contributed by atoms with van der Waals surface area (Å²) in [6.45, 7) is 0.966. The molecule has 5 nitrogen and oxygen atoms in total. The van der Waals surface area contributed by atoms with Crippen LogP contribution in [0, 0.1) is 5.92 Å². The number of anilines is 2. The molecule has 14 heavy (non-hydrogen) atoms. The molecule has 0 bridgehead atoms. The summed E-state index contributed by atoms with van der Waals surface area (Å²) in [6.07, 6.45) is 7.29. The smallest absolute Gasteiger partial charge is 0.160 e. The molecule has 4 N–H and O–H groups in total. The second kappa shape index (κ2) is 4.23. The molecule has 1 heterocycles. The second-order valence-corrected chi connectivity index (χ2v) is 3.59. The van der Waals surface area contributed by atoms with Crippen molar-refractivity contribution in [2.45, 2.75) is 19.3 Å². The highest BCUT2D eigenvalue weighted by Gasteiger charge is 2.20. The van der Waals surface area contributed by atoms with E-state index < -0.39 is 0 Å². The minimum atomic E-state index is 0.585. The first-order chi connectivity index (χ1) is 6.88. The van der Waals surface area contributed by atoms with Crippen molar-refractivity contribution in [3.63, 3.8) is 0 Å². The molecular formula is C9H15N5. The predicted molar refractivity (Wildman–Crippen MR) is 55.7 cm³/mol. The van der Waals surface area contributed by atoms with Crippen LogP contribution in [0.5, 0.6) is 0 Å². The number of nitrogens with zero attached hydrogens (tertiary/aromatic N) is 2. The fourth-order valence-electron chi connectivity index (χ4n) is 1.33. The van der Waals surface area contributed by atoms with Gasteiger partial charge in [-0.05, 0) is 12.3 Å². The molecule has 1 aliphatic carbocycles. The van der Waals surface area contributed by atoms with E-state index in [2.05, 4.69) is 20.7 Å². The van der Waals surface area contributed by atoms with Gasteiger partial charge >= 0.3 is 0 Å². The maximum absolute atomic E-state index is 5.23. The number of nitrogen functional groups attached to an aromatic ring is 1. The van der Waals surface area contributed by atoms with E-state index in [1.165, 1.54) is 19.3 Å². The van der Waals surface area contributed by atoms with Gasteiger partial charge in [0.2, 0.25) is 0 Å². The highest BCUT2D eigenvalue weighted by molar-refractivity contribution is 5.40. The van der Waals surface area contributed by atoms with Gasteiger partial charge in [0, 0.05) is 6.54 Å². The van der Waals surface area contributed by atoms with Crippen LogP contribution < -0.4 is 16.6 Å². The molecule has 0 aromatic carbocycles. The van der Waals surface area contributed by atoms with Crippen molar-refractivity contribution < 1.29 is 0 Å². The summed E-state index contributed by atoms with van der Waals surface area (Å²) in [4.78, 5) is 8.20. The molecular weight excluding hydrogens is 178 g/mol. The predicted octanol–water partition coefficient (Wildman–Crippen LogP) is 0.974. The Morgan fingerprint density at radius 3 is 2.86 bits per heavy atom. The van der Waals surface area contributed by atoms with Crippen molar-refractivity contribution in [1.82, 2.24) is 9.97 Å². The summed E-state index contributed by atoms with van der Waals surface area (Å²) in [5.41, 5.74) is 2.47. The Balaban J connectivity index is 1.81. The van der Waals surface area contributed by atoms with Crippen molar-refractivity contribution >= 4 is 11.6 Å². The molecule has 2 rings (SSSR count). The third kappa shape index (κ3) is 2.56. The molecule has 5 heteroatoms. The molecule has 1 aliphatic rings. The van der Waals surface area contributed by atoms with Crippen LogP contribution in [0.15, 0.2) is 12.4 Å². The van der Waals surface area contributed by atoms with Crippen molar-refractivity contribution in [3.05, 3.63) is 12.4 Å². The largest absolute Gasteiger partial charge is 0.369 e. The lowest BCUT2D eigenvalue weighted by Crippen LogP contribution is -2.11. The Morgan fingerprint density at radius 1 is 1.36 bits per heavy atom. The Hall–Kier alpha value is -1.36. The monoisotopic (exact) mass is 193 g/mol. The Labute approximate surface area is 83.1 Å². The lowest BCUT2D eigenvalue weighted by molar-refractivity contribution is 0.758. The highest BCUT2D eigenvalue weighted by Crippen LogP contribution is 2.31. The van der Waals surface area contributed by atoms with Gasteiger partial charge in [-0.1, -0.05) is 12.8 Å². The summed E-state index contributed by atoms with van der Waals surface area (Å²) in [6, 6.07) is 0. The number of hydrogen-bond acceptors (Lipinski definition) is 5. The van der Waals surface area contributed by atoms with E-state index >= 15 is 0 Å². The van der Waals surface area contributed by atoms with Crippen molar-refractivity contribution in [1.29, 1.82) is 0 Å². The molecule has 1 aromatic heterocycles. The normalized spacial score (nSPS) is 15.2.